The van der Waals surface area contributed by atoms with E-state index in [2.05, 4.69) is 56.9 Å². The lowest BCUT2D eigenvalue weighted by Crippen LogP contribution is -2.37. The van der Waals surface area contributed by atoms with Crippen molar-refractivity contribution in [2.24, 2.45) is 0 Å². The number of rotatable bonds is 5. The Labute approximate surface area is 141 Å². The highest BCUT2D eigenvalue weighted by Gasteiger charge is 2.16. The molecule has 0 aliphatic carbocycles. The van der Waals surface area contributed by atoms with Gasteiger partial charge in [0.1, 0.15) is 0 Å². The van der Waals surface area contributed by atoms with Gasteiger partial charge in [-0.15, -0.1) is 0 Å². The summed E-state index contributed by atoms with van der Waals surface area (Å²) in [6, 6.07) is 8.36. The quantitative estimate of drug-likeness (QED) is 0.597. The lowest BCUT2D eigenvalue weighted by molar-refractivity contribution is -0.112. The molecule has 1 rings (SSSR count). The molecule has 0 heterocycles. The van der Waals surface area contributed by atoms with Gasteiger partial charge in [0.2, 0.25) is 5.78 Å². The Kier molecular flexibility index (Phi) is 6.14. The number of ketones is 1. The van der Waals surface area contributed by atoms with Gasteiger partial charge in [-0.3, -0.25) is 4.79 Å². The van der Waals surface area contributed by atoms with Gasteiger partial charge in [0, 0.05) is 5.54 Å². The zero-order valence-corrected chi connectivity index (χ0v) is 15.5. The molecule has 0 spiro atoms. The van der Waals surface area contributed by atoms with E-state index in [0.717, 1.165) is 11.1 Å². The molecule has 1 N–H and O–H groups in total. The van der Waals surface area contributed by atoms with Gasteiger partial charge in [-0.2, -0.15) is 0 Å². The number of benzene rings is 1. The predicted molar refractivity (Wildman–Crippen MR) is 100 cm³/mol. The molecule has 2 nitrogen and oxygen atoms in total. The van der Waals surface area contributed by atoms with Gasteiger partial charge in [-0.1, -0.05) is 42.0 Å². The van der Waals surface area contributed by atoms with Crippen LogP contribution in [0.25, 0.3) is 5.57 Å². The van der Waals surface area contributed by atoms with E-state index in [4.69, 9.17) is 0 Å². The monoisotopic (exact) mass is 311 g/mol. The maximum atomic E-state index is 12.5. The van der Waals surface area contributed by atoms with Gasteiger partial charge in [0.05, 0.1) is 5.70 Å². The standard InChI is InChI=1S/C21H29NO/c1-14(2)19(18-11-9-15(3)10-12-18)13-16(4)20(23)17(5)22-21(6,7)8/h9-13,22H,5H2,1-4,6-8H3/b16-13+. The first-order valence-corrected chi connectivity index (χ1v) is 7.96. The highest BCUT2D eigenvalue weighted by molar-refractivity contribution is 6.08. The van der Waals surface area contributed by atoms with Gasteiger partial charge in [-0.05, 0) is 71.3 Å². The van der Waals surface area contributed by atoms with Crippen molar-refractivity contribution in [3.05, 3.63) is 64.9 Å². The van der Waals surface area contributed by atoms with Crippen LogP contribution in [-0.2, 0) is 4.79 Å². The summed E-state index contributed by atoms with van der Waals surface area (Å²) in [4.78, 5) is 12.5. The average molecular weight is 311 g/mol. The summed E-state index contributed by atoms with van der Waals surface area (Å²) in [6.45, 7) is 17.9. The fraction of sp³-hybridized carbons (Fsp3) is 0.381. The summed E-state index contributed by atoms with van der Waals surface area (Å²) in [7, 11) is 0. The molecule has 1 aromatic carbocycles. The first kappa shape index (κ1) is 19.0. The fourth-order valence-electron chi connectivity index (χ4n) is 2.28. The Hall–Kier alpha value is -2.09. The van der Waals surface area contributed by atoms with E-state index in [1.807, 2.05) is 33.8 Å². The molecule has 0 radical (unpaired) electrons. The smallest absolute Gasteiger partial charge is 0.203 e. The first-order chi connectivity index (χ1) is 10.5. The number of Topliss-reactive ketones (excluding diaryl/α,β-unsaturated/α-hetero) is 1. The minimum atomic E-state index is -0.177. The first-order valence-electron chi connectivity index (χ1n) is 7.96. The third kappa shape index (κ3) is 5.90. The lowest BCUT2D eigenvalue weighted by Gasteiger charge is -2.23. The maximum Gasteiger partial charge on any atom is 0.203 e. The molecule has 0 saturated heterocycles. The van der Waals surface area contributed by atoms with Crippen LogP contribution in [0.2, 0.25) is 0 Å². The van der Waals surface area contributed by atoms with Crippen molar-refractivity contribution in [2.75, 3.05) is 0 Å². The molecule has 0 aliphatic rings. The zero-order valence-electron chi connectivity index (χ0n) is 15.5. The van der Waals surface area contributed by atoms with E-state index < -0.39 is 0 Å². The van der Waals surface area contributed by atoms with Crippen LogP contribution in [0.4, 0.5) is 0 Å². The van der Waals surface area contributed by atoms with Crippen molar-refractivity contribution in [1.29, 1.82) is 0 Å². The molecule has 124 valence electrons. The second-order valence-corrected chi connectivity index (χ2v) is 7.29. The number of nitrogens with one attached hydrogen (secondary N) is 1. The van der Waals surface area contributed by atoms with E-state index in [0.29, 0.717) is 11.3 Å². The Morgan fingerprint density at radius 1 is 1.09 bits per heavy atom. The average Bonchev–Trinajstić information content (AvgIpc) is 2.42. The predicted octanol–water partition coefficient (Wildman–Crippen LogP) is 5.21. The highest BCUT2D eigenvalue weighted by Crippen LogP contribution is 2.23. The molecule has 0 atom stereocenters. The maximum absolute atomic E-state index is 12.5. The molecular weight excluding hydrogens is 282 g/mol. The Morgan fingerprint density at radius 3 is 2.04 bits per heavy atom. The summed E-state index contributed by atoms with van der Waals surface area (Å²) in [5.74, 6) is -0.0502. The Morgan fingerprint density at radius 2 is 1.61 bits per heavy atom. The van der Waals surface area contributed by atoms with Crippen LogP contribution >= 0.6 is 0 Å². The number of hydrogen-bond donors (Lipinski definition) is 1. The van der Waals surface area contributed by atoms with E-state index in [-0.39, 0.29) is 11.3 Å². The molecule has 0 bridgehead atoms. The summed E-state index contributed by atoms with van der Waals surface area (Å²) < 4.78 is 0. The van der Waals surface area contributed by atoms with Crippen LogP contribution in [0.5, 0.6) is 0 Å². The van der Waals surface area contributed by atoms with E-state index in [1.165, 1.54) is 11.1 Å². The topological polar surface area (TPSA) is 29.1 Å². The van der Waals surface area contributed by atoms with Gasteiger partial charge >= 0.3 is 0 Å². The molecule has 0 fully saturated rings. The minimum Gasteiger partial charge on any atom is -0.378 e. The van der Waals surface area contributed by atoms with Crippen molar-refractivity contribution in [3.8, 4) is 0 Å². The van der Waals surface area contributed by atoms with Crippen LogP contribution in [0.3, 0.4) is 0 Å². The van der Waals surface area contributed by atoms with Crippen molar-refractivity contribution in [3.63, 3.8) is 0 Å². The molecule has 0 unspecified atom stereocenters. The van der Waals surface area contributed by atoms with Crippen molar-refractivity contribution in [1.82, 2.24) is 5.32 Å². The van der Waals surface area contributed by atoms with E-state index >= 15 is 0 Å². The molecule has 0 saturated carbocycles. The summed E-state index contributed by atoms with van der Waals surface area (Å²) >= 11 is 0. The molecule has 23 heavy (non-hydrogen) atoms. The fourth-order valence-corrected chi connectivity index (χ4v) is 2.28. The second kappa shape index (κ2) is 7.45. The lowest BCUT2D eigenvalue weighted by atomic mass is 9.96. The van der Waals surface area contributed by atoms with Gasteiger partial charge in [0.15, 0.2) is 0 Å². The molecule has 2 heteroatoms. The summed E-state index contributed by atoms with van der Waals surface area (Å²) in [5.41, 5.74) is 5.55. The Bertz CT molecular complexity index is 648. The van der Waals surface area contributed by atoms with Gasteiger partial charge < -0.3 is 5.32 Å². The number of allylic oxidation sites excluding steroid dienone is 4. The third-order valence-corrected chi connectivity index (χ3v) is 3.42. The van der Waals surface area contributed by atoms with Gasteiger partial charge in [0.25, 0.3) is 0 Å². The van der Waals surface area contributed by atoms with Crippen molar-refractivity contribution >= 4 is 11.4 Å². The minimum absolute atomic E-state index is 0.0502. The van der Waals surface area contributed by atoms with Crippen LogP contribution in [0, 0.1) is 6.92 Å². The zero-order chi connectivity index (χ0) is 17.8. The molecular formula is C21H29NO. The summed E-state index contributed by atoms with van der Waals surface area (Å²) in [5, 5.41) is 3.15. The second-order valence-electron chi connectivity index (χ2n) is 7.29. The Balaban J connectivity index is 3.10. The van der Waals surface area contributed by atoms with E-state index in [1.54, 1.807) is 0 Å². The van der Waals surface area contributed by atoms with E-state index in [9.17, 15) is 4.79 Å². The van der Waals surface area contributed by atoms with Crippen LogP contribution in [0.15, 0.2) is 53.8 Å². The van der Waals surface area contributed by atoms with Crippen molar-refractivity contribution in [2.45, 2.75) is 54.0 Å². The molecule has 0 aromatic heterocycles. The highest BCUT2D eigenvalue weighted by atomic mass is 16.1. The van der Waals surface area contributed by atoms with Crippen LogP contribution in [0.1, 0.15) is 52.7 Å². The number of carbonyl (C=O) groups excluding carboxylic acids is 1. The molecule has 0 aliphatic heterocycles. The summed E-state index contributed by atoms with van der Waals surface area (Å²) in [6.07, 6.45) is 1.96. The number of carbonyl (C=O) groups is 1. The van der Waals surface area contributed by atoms with Gasteiger partial charge in [-0.25, -0.2) is 0 Å². The largest absolute Gasteiger partial charge is 0.378 e. The number of hydrogen-bond acceptors (Lipinski definition) is 2. The SMILES string of the molecule is C=C(NC(C)(C)C)C(=O)/C(C)=C/C(=C(C)C)c1ccc(C)cc1. The van der Waals surface area contributed by atoms with Crippen LogP contribution in [-0.4, -0.2) is 11.3 Å². The number of aryl methyl sites for hydroxylation is 1. The van der Waals surface area contributed by atoms with Crippen LogP contribution < -0.4 is 5.32 Å². The normalized spacial score (nSPS) is 11.9. The molecule has 1 aromatic rings. The third-order valence-electron chi connectivity index (χ3n) is 3.42. The van der Waals surface area contributed by atoms with Crippen molar-refractivity contribution < 1.29 is 4.79 Å². The molecule has 0 amide bonds.